The van der Waals surface area contributed by atoms with Gasteiger partial charge in [0.15, 0.2) is 0 Å². The van der Waals surface area contributed by atoms with Gasteiger partial charge >= 0.3 is 6.61 Å². The fourth-order valence-electron chi connectivity index (χ4n) is 3.05. The van der Waals surface area contributed by atoms with Crippen molar-refractivity contribution < 1.29 is 23.2 Å². The molecule has 1 aliphatic rings. The van der Waals surface area contributed by atoms with E-state index in [9.17, 15) is 23.7 Å². The van der Waals surface area contributed by atoms with Gasteiger partial charge in [0.25, 0.3) is 11.6 Å². The van der Waals surface area contributed by atoms with Crippen LogP contribution in [0.15, 0.2) is 42.5 Å². The van der Waals surface area contributed by atoms with E-state index in [2.05, 4.69) is 4.74 Å². The molecule has 148 valence electrons. The highest BCUT2D eigenvalue weighted by Crippen LogP contribution is 2.31. The van der Waals surface area contributed by atoms with Crippen molar-refractivity contribution in [3.8, 4) is 5.75 Å². The third kappa shape index (κ3) is 4.48. The first-order chi connectivity index (χ1) is 13.3. The normalized spacial score (nSPS) is 14.3. The Hall–Kier alpha value is -2.94. The minimum Gasteiger partial charge on any atom is -0.435 e. The van der Waals surface area contributed by atoms with Crippen molar-refractivity contribution in [2.45, 2.75) is 6.61 Å². The molecule has 10 heteroatoms. The number of piperazine rings is 1. The molecule has 1 saturated heterocycles. The number of anilines is 1. The third-order valence-electron chi connectivity index (χ3n) is 4.35. The summed E-state index contributed by atoms with van der Waals surface area (Å²) in [6, 6.07) is 10.1. The number of ether oxygens (including phenoxy) is 1. The van der Waals surface area contributed by atoms with Gasteiger partial charge in [0.1, 0.15) is 11.4 Å². The molecular weight excluding hydrogens is 396 g/mol. The highest BCUT2D eigenvalue weighted by Gasteiger charge is 2.26. The van der Waals surface area contributed by atoms with E-state index in [4.69, 9.17) is 11.6 Å². The Labute approximate surface area is 164 Å². The van der Waals surface area contributed by atoms with Crippen LogP contribution in [0, 0.1) is 10.1 Å². The van der Waals surface area contributed by atoms with E-state index < -0.39 is 11.5 Å². The zero-order valence-corrected chi connectivity index (χ0v) is 15.3. The van der Waals surface area contributed by atoms with E-state index in [1.165, 1.54) is 30.3 Å². The van der Waals surface area contributed by atoms with Crippen molar-refractivity contribution in [1.29, 1.82) is 0 Å². The average Bonchev–Trinajstić information content (AvgIpc) is 2.67. The average molecular weight is 412 g/mol. The largest absolute Gasteiger partial charge is 0.435 e. The predicted molar refractivity (Wildman–Crippen MR) is 99.3 cm³/mol. The van der Waals surface area contributed by atoms with Crippen LogP contribution >= 0.6 is 11.6 Å². The van der Waals surface area contributed by atoms with Crippen LogP contribution in [0.4, 0.5) is 20.2 Å². The number of amides is 1. The second-order valence-electron chi connectivity index (χ2n) is 6.08. The summed E-state index contributed by atoms with van der Waals surface area (Å²) in [4.78, 5) is 26.8. The maximum absolute atomic E-state index is 12.6. The summed E-state index contributed by atoms with van der Waals surface area (Å²) in [5.74, 6) is -0.402. The Morgan fingerprint density at radius 1 is 1.14 bits per heavy atom. The van der Waals surface area contributed by atoms with Crippen molar-refractivity contribution in [3.05, 3.63) is 63.2 Å². The minimum atomic E-state index is -2.97. The highest BCUT2D eigenvalue weighted by molar-refractivity contribution is 6.30. The SMILES string of the molecule is O=C(c1cccc(OC(F)F)c1)N1CCN(c2ccc(Cl)cc2[N+](=O)[O-])CC1. The number of halogens is 3. The molecule has 7 nitrogen and oxygen atoms in total. The maximum Gasteiger partial charge on any atom is 0.387 e. The molecule has 1 heterocycles. The van der Waals surface area contributed by atoms with Crippen LogP contribution in [0.1, 0.15) is 10.4 Å². The van der Waals surface area contributed by atoms with E-state index in [1.54, 1.807) is 17.0 Å². The number of carbonyl (C=O) groups excluding carboxylic acids is 1. The Kier molecular flexibility index (Phi) is 5.93. The molecule has 0 spiro atoms. The molecule has 0 aromatic heterocycles. The smallest absolute Gasteiger partial charge is 0.387 e. The third-order valence-corrected chi connectivity index (χ3v) is 4.58. The van der Waals surface area contributed by atoms with Crippen LogP contribution in [0.5, 0.6) is 5.75 Å². The lowest BCUT2D eigenvalue weighted by Crippen LogP contribution is -2.49. The molecule has 2 aromatic carbocycles. The number of carbonyl (C=O) groups is 1. The fraction of sp³-hybridized carbons (Fsp3) is 0.278. The second-order valence-corrected chi connectivity index (χ2v) is 6.51. The Morgan fingerprint density at radius 3 is 2.50 bits per heavy atom. The fourth-order valence-corrected chi connectivity index (χ4v) is 3.21. The molecule has 2 aromatic rings. The van der Waals surface area contributed by atoms with Gasteiger partial charge in [-0.25, -0.2) is 0 Å². The summed E-state index contributed by atoms with van der Waals surface area (Å²) in [6.45, 7) is -1.52. The predicted octanol–water partition coefficient (Wildman–Crippen LogP) is 3.81. The summed E-state index contributed by atoms with van der Waals surface area (Å²) in [5, 5.41) is 11.5. The molecule has 1 amide bonds. The van der Waals surface area contributed by atoms with E-state index >= 15 is 0 Å². The van der Waals surface area contributed by atoms with Crippen molar-refractivity contribution in [2.24, 2.45) is 0 Å². The van der Waals surface area contributed by atoms with Gasteiger partial charge in [-0.05, 0) is 30.3 Å². The van der Waals surface area contributed by atoms with E-state index in [1.807, 2.05) is 4.90 Å². The minimum absolute atomic E-state index is 0.0868. The number of hydrogen-bond acceptors (Lipinski definition) is 5. The molecule has 0 bridgehead atoms. The van der Waals surface area contributed by atoms with Gasteiger partial charge in [-0.1, -0.05) is 17.7 Å². The zero-order chi connectivity index (χ0) is 20.3. The van der Waals surface area contributed by atoms with Crippen molar-refractivity contribution in [3.63, 3.8) is 0 Å². The van der Waals surface area contributed by atoms with Crippen LogP contribution in [0.2, 0.25) is 5.02 Å². The van der Waals surface area contributed by atoms with Crippen LogP contribution < -0.4 is 9.64 Å². The first kappa shape index (κ1) is 19.8. The molecule has 0 unspecified atom stereocenters. The Morgan fingerprint density at radius 2 is 1.86 bits per heavy atom. The summed E-state index contributed by atoms with van der Waals surface area (Å²) in [5.41, 5.74) is 0.585. The first-order valence-corrected chi connectivity index (χ1v) is 8.76. The number of benzene rings is 2. The van der Waals surface area contributed by atoms with Crippen molar-refractivity contribution >= 4 is 28.9 Å². The summed E-state index contributed by atoms with van der Waals surface area (Å²) >= 11 is 5.84. The van der Waals surface area contributed by atoms with Gasteiger partial charge in [-0.15, -0.1) is 0 Å². The molecule has 0 aliphatic carbocycles. The van der Waals surface area contributed by atoms with Crippen LogP contribution in [-0.2, 0) is 0 Å². The van der Waals surface area contributed by atoms with Gasteiger partial charge in [-0.3, -0.25) is 14.9 Å². The maximum atomic E-state index is 12.6. The van der Waals surface area contributed by atoms with E-state index in [0.29, 0.717) is 31.9 Å². The second kappa shape index (κ2) is 8.39. The summed E-state index contributed by atoms with van der Waals surface area (Å²) in [6.07, 6.45) is 0. The van der Waals surface area contributed by atoms with E-state index in [0.717, 1.165) is 0 Å². The zero-order valence-electron chi connectivity index (χ0n) is 14.6. The molecule has 1 aliphatic heterocycles. The van der Waals surface area contributed by atoms with Gasteiger partial charge in [0, 0.05) is 42.8 Å². The topological polar surface area (TPSA) is 75.9 Å². The summed E-state index contributed by atoms with van der Waals surface area (Å²) < 4.78 is 29.0. The van der Waals surface area contributed by atoms with Crippen LogP contribution in [0.3, 0.4) is 0 Å². The molecule has 0 radical (unpaired) electrons. The number of rotatable bonds is 5. The molecule has 0 saturated carbocycles. The van der Waals surface area contributed by atoms with Gasteiger partial charge in [0.05, 0.1) is 4.92 Å². The quantitative estimate of drug-likeness (QED) is 0.552. The van der Waals surface area contributed by atoms with Gasteiger partial charge in [0.2, 0.25) is 0 Å². The lowest BCUT2D eigenvalue weighted by Gasteiger charge is -2.35. The van der Waals surface area contributed by atoms with Crippen LogP contribution in [0.25, 0.3) is 0 Å². The molecule has 28 heavy (non-hydrogen) atoms. The summed E-state index contributed by atoms with van der Waals surface area (Å²) in [7, 11) is 0. The Bertz CT molecular complexity index is 889. The number of hydrogen-bond donors (Lipinski definition) is 0. The van der Waals surface area contributed by atoms with Gasteiger partial charge in [-0.2, -0.15) is 8.78 Å². The molecule has 3 rings (SSSR count). The standard InChI is InChI=1S/C18H16ClF2N3O4/c19-13-4-5-15(16(11-13)24(26)27)22-6-8-23(9-7-22)17(25)12-2-1-3-14(10-12)28-18(20)21/h1-5,10-11,18H,6-9H2. The molecule has 1 fully saturated rings. The van der Waals surface area contributed by atoms with E-state index in [-0.39, 0.29) is 27.9 Å². The molecular formula is C18H16ClF2N3O4. The lowest BCUT2D eigenvalue weighted by atomic mass is 10.1. The highest BCUT2D eigenvalue weighted by atomic mass is 35.5. The number of nitro groups is 1. The number of alkyl halides is 2. The number of nitro benzene ring substituents is 1. The van der Waals surface area contributed by atoms with Gasteiger partial charge < -0.3 is 14.5 Å². The Balaban J connectivity index is 1.69. The monoisotopic (exact) mass is 411 g/mol. The number of nitrogens with zero attached hydrogens (tertiary/aromatic N) is 3. The van der Waals surface area contributed by atoms with Crippen molar-refractivity contribution in [2.75, 3.05) is 31.1 Å². The van der Waals surface area contributed by atoms with Crippen LogP contribution in [-0.4, -0.2) is 48.5 Å². The molecule has 0 atom stereocenters. The lowest BCUT2D eigenvalue weighted by molar-refractivity contribution is -0.384. The first-order valence-electron chi connectivity index (χ1n) is 8.38. The molecule has 0 N–H and O–H groups in total. The van der Waals surface area contributed by atoms with Crippen molar-refractivity contribution in [1.82, 2.24) is 4.90 Å².